The molecule has 5 nitrogen and oxygen atoms in total. The van der Waals surface area contributed by atoms with Crippen LogP contribution < -0.4 is 10.1 Å². The van der Waals surface area contributed by atoms with Crippen LogP contribution >= 0.6 is 34.8 Å². The number of carbonyl (C=O) groups is 2. The minimum atomic E-state index is -0.810. The normalized spacial score (nSPS) is 12.5. The number of benzene rings is 3. The summed E-state index contributed by atoms with van der Waals surface area (Å²) in [5, 5.41) is 4.42. The quantitative estimate of drug-likeness (QED) is 0.295. The SMILES string of the molecule is CCC(C)NC(=O)C(Cc1ccccc1)N(Cc1c(Cl)cccc1Cl)C(=O)COc1ccc(Cl)cc1. The molecule has 0 radical (unpaired) electrons. The van der Waals surface area contributed by atoms with Crippen molar-refractivity contribution in [2.75, 3.05) is 6.61 Å². The lowest BCUT2D eigenvalue weighted by Gasteiger charge is -2.32. The molecule has 3 aromatic carbocycles. The van der Waals surface area contributed by atoms with Gasteiger partial charge in [0, 0.05) is 39.6 Å². The van der Waals surface area contributed by atoms with Crippen LogP contribution in [0.4, 0.5) is 0 Å². The van der Waals surface area contributed by atoms with E-state index in [1.165, 1.54) is 4.90 Å². The van der Waals surface area contributed by atoms with Gasteiger partial charge in [-0.1, -0.05) is 78.1 Å². The molecule has 0 fully saturated rings. The fraction of sp³-hybridized carbons (Fsp3) is 0.286. The average molecular weight is 548 g/mol. The van der Waals surface area contributed by atoms with Crippen molar-refractivity contribution in [1.29, 1.82) is 0 Å². The summed E-state index contributed by atoms with van der Waals surface area (Å²) in [7, 11) is 0. The number of nitrogens with zero attached hydrogens (tertiary/aromatic N) is 1. The van der Waals surface area contributed by atoms with Crippen molar-refractivity contribution >= 4 is 46.6 Å². The predicted molar refractivity (Wildman–Crippen MR) is 146 cm³/mol. The highest BCUT2D eigenvalue weighted by Gasteiger charge is 2.32. The van der Waals surface area contributed by atoms with E-state index in [9.17, 15) is 9.59 Å². The number of amides is 2. The molecule has 2 unspecified atom stereocenters. The van der Waals surface area contributed by atoms with Crippen LogP contribution in [0.1, 0.15) is 31.4 Å². The molecule has 0 bridgehead atoms. The van der Waals surface area contributed by atoms with Crippen LogP contribution in [-0.2, 0) is 22.6 Å². The number of hydrogen-bond acceptors (Lipinski definition) is 3. The molecule has 0 aliphatic heterocycles. The first kappa shape index (κ1) is 27.9. The van der Waals surface area contributed by atoms with Crippen LogP contribution in [0, 0.1) is 0 Å². The molecule has 0 saturated carbocycles. The highest BCUT2D eigenvalue weighted by atomic mass is 35.5. The highest BCUT2D eigenvalue weighted by Crippen LogP contribution is 2.27. The third-order valence-electron chi connectivity index (χ3n) is 5.84. The number of nitrogens with one attached hydrogen (secondary N) is 1. The maximum absolute atomic E-state index is 13.6. The van der Waals surface area contributed by atoms with Crippen molar-refractivity contribution in [3.63, 3.8) is 0 Å². The molecule has 8 heteroatoms. The summed E-state index contributed by atoms with van der Waals surface area (Å²) >= 11 is 18.9. The maximum Gasteiger partial charge on any atom is 0.261 e. The lowest BCUT2D eigenvalue weighted by atomic mass is 10.0. The summed E-state index contributed by atoms with van der Waals surface area (Å²) in [4.78, 5) is 28.6. The van der Waals surface area contributed by atoms with E-state index < -0.39 is 6.04 Å². The van der Waals surface area contributed by atoms with Gasteiger partial charge < -0.3 is 15.0 Å². The Balaban J connectivity index is 1.95. The molecule has 0 aromatic heterocycles. The molecular formula is C28H29Cl3N2O3. The second kappa shape index (κ2) is 13.5. The zero-order valence-electron chi connectivity index (χ0n) is 20.2. The van der Waals surface area contributed by atoms with E-state index in [4.69, 9.17) is 39.5 Å². The van der Waals surface area contributed by atoms with E-state index >= 15 is 0 Å². The summed E-state index contributed by atoms with van der Waals surface area (Å²) in [6.45, 7) is 3.69. The number of halogens is 3. The van der Waals surface area contributed by atoms with Crippen molar-refractivity contribution in [2.45, 2.75) is 45.3 Å². The Morgan fingerprint density at radius 2 is 1.56 bits per heavy atom. The highest BCUT2D eigenvalue weighted by molar-refractivity contribution is 6.36. The Bertz CT molecular complexity index is 1140. The predicted octanol–water partition coefficient (Wildman–Crippen LogP) is 6.58. The molecule has 190 valence electrons. The lowest BCUT2D eigenvalue weighted by Crippen LogP contribution is -2.53. The van der Waals surface area contributed by atoms with Gasteiger partial charge in [-0.3, -0.25) is 9.59 Å². The standard InChI is InChI=1S/C28H29Cl3N2O3/c1-3-19(2)32-28(35)26(16-20-8-5-4-6-9-20)33(17-23-24(30)10-7-11-25(23)31)27(34)18-36-22-14-12-21(29)13-15-22/h4-15,19,26H,3,16-18H2,1-2H3,(H,32,35). The van der Waals surface area contributed by atoms with Crippen molar-refractivity contribution in [3.05, 3.63) is 99.0 Å². The molecule has 0 spiro atoms. The third kappa shape index (κ3) is 7.89. The van der Waals surface area contributed by atoms with Crippen LogP contribution in [0.3, 0.4) is 0 Å². The van der Waals surface area contributed by atoms with Crippen LogP contribution in [0.25, 0.3) is 0 Å². The van der Waals surface area contributed by atoms with Gasteiger partial charge in [-0.15, -0.1) is 0 Å². The zero-order chi connectivity index (χ0) is 26.1. The fourth-order valence-corrected chi connectivity index (χ4v) is 4.25. The lowest BCUT2D eigenvalue weighted by molar-refractivity contribution is -0.143. The van der Waals surface area contributed by atoms with E-state index in [0.717, 1.165) is 12.0 Å². The van der Waals surface area contributed by atoms with Crippen LogP contribution in [0.5, 0.6) is 5.75 Å². The van der Waals surface area contributed by atoms with Crippen molar-refractivity contribution < 1.29 is 14.3 Å². The van der Waals surface area contributed by atoms with E-state index in [1.807, 2.05) is 44.2 Å². The molecule has 3 aromatic rings. The largest absolute Gasteiger partial charge is 0.484 e. The van der Waals surface area contributed by atoms with Gasteiger partial charge in [0.15, 0.2) is 6.61 Å². The van der Waals surface area contributed by atoms with E-state index in [2.05, 4.69) is 5.32 Å². The van der Waals surface area contributed by atoms with Gasteiger partial charge in [-0.25, -0.2) is 0 Å². The third-order valence-corrected chi connectivity index (χ3v) is 6.80. The number of ether oxygens (including phenoxy) is 1. The van der Waals surface area contributed by atoms with Gasteiger partial charge in [0.1, 0.15) is 11.8 Å². The molecule has 3 rings (SSSR count). The Morgan fingerprint density at radius 3 is 2.17 bits per heavy atom. The summed E-state index contributed by atoms with van der Waals surface area (Å²) < 4.78 is 5.74. The molecule has 36 heavy (non-hydrogen) atoms. The second-order valence-electron chi connectivity index (χ2n) is 8.49. The Kier molecular flexibility index (Phi) is 10.5. The minimum Gasteiger partial charge on any atom is -0.484 e. The maximum atomic E-state index is 13.6. The van der Waals surface area contributed by atoms with Crippen molar-refractivity contribution in [3.8, 4) is 5.75 Å². The van der Waals surface area contributed by atoms with Crippen molar-refractivity contribution in [1.82, 2.24) is 10.2 Å². The molecule has 2 amide bonds. The Labute approximate surface area is 227 Å². The van der Waals surface area contributed by atoms with Gasteiger partial charge in [0.2, 0.25) is 5.91 Å². The fourth-order valence-electron chi connectivity index (χ4n) is 3.61. The molecule has 0 aliphatic rings. The van der Waals surface area contributed by atoms with Crippen LogP contribution in [0.2, 0.25) is 15.1 Å². The van der Waals surface area contributed by atoms with Gasteiger partial charge in [-0.2, -0.15) is 0 Å². The van der Waals surface area contributed by atoms with Gasteiger partial charge >= 0.3 is 0 Å². The first-order chi connectivity index (χ1) is 17.3. The van der Waals surface area contributed by atoms with E-state index in [-0.39, 0.29) is 31.0 Å². The monoisotopic (exact) mass is 546 g/mol. The molecule has 0 aliphatic carbocycles. The second-order valence-corrected chi connectivity index (χ2v) is 9.74. The van der Waals surface area contributed by atoms with Gasteiger partial charge in [0.25, 0.3) is 5.91 Å². The van der Waals surface area contributed by atoms with Gasteiger partial charge in [-0.05, 0) is 55.3 Å². The first-order valence-electron chi connectivity index (χ1n) is 11.7. The molecular weight excluding hydrogens is 519 g/mol. The summed E-state index contributed by atoms with van der Waals surface area (Å²) in [6.07, 6.45) is 1.08. The molecule has 1 N–H and O–H groups in total. The zero-order valence-corrected chi connectivity index (χ0v) is 22.5. The van der Waals surface area contributed by atoms with E-state index in [0.29, 0.717) is 32.8 Å². The summed E-state index contributed by atoms with van der Waals surface area (Å²) in [5.74, 6) is -0.135. The average Bonchev–Trinajstić information content (AvgIpc) is 2.87. The summed E-state index contributed by atoms with van der Waals surface area (Å²) in [5.41, 5.74) is 1.48. The number of rotatable bonds is 11. The number of carbonyl (C=O) groups excluding carboxylic acids is 2. The van der Waals surface area contributed by atoms with E-state index in [1.54, 1.807) is 42.5 Å². The van der Waals surface area contributed by atoms with Crippen LogP contribution in [0.15, 0.2) is 72.8 Å². The smallest absolute Gasteiger partial charge is 0.261 e. The minimum absolute atomic E-state index is 0.0484. The topological polar surface area (TPSA) is 58.6 Å². The van der Waals surface area contributed by atoms with Crippen LogP contribution in [-0.4, -0.2) is 35.4 Å². The first-order valence-corrected chi connectivity index (χ1v) is 12.9. The molecule has 2 atom stereocenters. The number of hydrogen-bond donors (Lipinski definition) is 1. The van der Waals surface area contributed by atoms with Crippen molar-refractivity contribution in [2.24, 2.45) is 0 Å². The summed E-state index contributed by atoms with van der Waals surface area (Å²) in [6, 6.07) is 20.6. The Hall–Kier alpha value is -2.73. The molecule has 0 heterocycles. The Morgan fingerprint density at radius 1 is 0.917 bits per heavy atom. The van der Waals surface area contributed by atoms with Gasteiger partial charge in [0.05, 0.1) is 0 Å². The molecule has 0 saturated heterocycles.